The number of benzene rings is 2. The lowest BCUT2D eigenvalue weighted by Crippen LogP contribution is -2.37. The summed E-state index contributed by atoms with van der Waals surface area (Å²) in [4.78, 5) is 26.0. The van der Waals surface area contributed by atoms with Crippen molar-refractivity contribution in [3.8, 4) is 0 Å². The topological polar surface area (TPSA) is 37.4 Å². The van der Waals surface area contributed by atoms with Gasteiger partial charge in [0.2, 0.25) is 0 Å². The number of carbonyl (C=O) groups excluding carboxylic acids is 2. The van der Waals surface area contributed by atoms with Gasteiger partial charge in [-0.2, -0.15) is 0 Å². The maximum atomic E-state index is 13.3. The smallest absolute Gasteiger partial charge is 0.258 e. The van der Waals surface area contributed by atoms with Crippen molar-refractivity contribution in [2.45, 2.75) is 6.42 Å². The van der Waals surface area contributed by atoms with E-state index in [0.29, 0.717) is 17.8 Å². The Morgan fingerprint density at radius 3 is 2.57 bits per heavy atom. The molecule has 5 heteroatoms. The fourth-order valence-corrected chi connectivity index (χ4v) is 2.66. The van der Waals surface area contributed by atoms with Crippen LogP contribution in [0.1, 0.15) is 27.1 Å². The minimum atomic E-state index is -0.472. The highest BCUT2D eigenvalue weighted by atomic mass is 79.9. The molecule has 1 aliphatic rings. The summed E-state index contributed by atoms with van der Waals surface area (Å²) in [6.07, 6.45) is 0.207. The number of ketones is 1. The molecule has 1 amide bonds. The first-order valence-corrected chi connectivity index (χ1v) is 7.26. The lowest BCUT2D eigenvalue weighted by Gasteiger charge is -2.28. The summed E-state index contributed by atoms with van der Waals surface area (Å²) in [5.74, 6) is -0.799. The molecule has 0 saturated heterocycles. The molecule has 3 nitrogen and oxygen atoms in total. The number of anilines is 1. The summed E-state index contributed by atoms with van der Waals surface area (Å²) in [6.45, 7) is 0.312. The zero-order valence-electron chi connectivity index (χ0n) is 11.0. The molecule has 2 aromatic carbocycles. The van der Waals surface area contributed by atoms with E-state index < -0.39 is 5.82 Å². The number of rotatable bonds is 1. The lowest BCUT2D eigenvalue weighted by molar-refractivity contribution is 0.0954. The number of fused-ring (bicyclic) bond motifs is 1. The van der Waals surface area contributed by atoms with Crippen LogP contribution >= 0.6 is 15.9 Å². The highest BCUT2D eigenvalue weighted by Crippen LogP contribution is 2.29. The molecule has 0 saturated carbocycles. The van der Waals surface area contributed by atoms with Gasteiger partial charge in [0.05, 0.1) is 5.69 Å². The molecule has 0 unspecified atom stereocenters. The Hall–Kier alpha value is -2.01. The first-order valence-electron chi connectivity index (χ1n) is 6.46. The van der Waals surface area contributed by atoms with E-state index in [2.05, 4.69) is 15.9 Å². The van der Waals surface area contributed by atoms with E-state index in [1.54, 1.807) is 24.3 Å². The number of nitrogens with zero attached hydrogens (tertiary/aromatic N) is 1. The molecular weight excluding hydrogens is 337 g/mol. The summed E-state index contributed by atoms with van der Waals surface area (Å²) in [5, 5.41) is 0. The molecule has 1 aliphatic heterocycles. The van der Waals surface area contributed by atoms with Gasteiger partial charge in [0.1, 0.15) is 5.82 Å². The summed E-state index contributed by atoms with van der Waals surface area (Å²) in [6, 6.07) is 10.9. The summed E-state index contributed by atoms with van der Waals surface area (Å²) < 4.78 is 14.2. The van der Waals surface area contributed by atoms with Gasteiger partial charge in [0, 0.05) is 28.6 Å². The fourth-order valence-electron chi connectivity index (χ4n) is 2.39. The normalized spacial score (nSPS) is 14.0. The summed E-state index contributed by atoms with van der Waals surface area (Å²) in [7, 11) is 0. The molecule has 0 bridgehead atoms. The van der Waals surface area contributed by atoms with Crippen LogP contribution in [0.5, 0.6) is 0 Å². The predicted molar refractivity (Wildman–Crippen MR) is 81.2 cm³/mol. The monoisotopic (exact) mass is 347 g/mol. The van der Waals surface area contributed by atoms with Crippen molar-refractivity contribution in [2.24, 2.45) is 0 Å². The van der Waals surface area contributed by atoms with Crippen LogP contribution in [0.15, 0.2) is 46.9 Å². The molecule has 21 heavy (non-hydrogen) atoms. The van der Waals surface area contributed by atoms with Gasteiger partial charge in [-0.3, -0.25) is 9.59 Å². The van der Waals surface area contributed by atoms with Crippen LogP contribution in [0.3, 0.4) is 0 Å². The molecule has 0 aromatic heterocycles. The third-order valence-electron chi connectivity index (χ3n) is 3.45. The zero-order valence-corrected chi connectivity index (χ0v) is 12.6. The molecule has 3 rings (SSSR count). The molecule has 0 aliphatic carbocycles. The minimum Gasteiger partial charge on any atom is -0.307 e. The van der Waals surface area contributed by atoms with E-state index >= 15 is 0 Å². The maximum Gasteiger partial charge on any atom is 0.258 e. The second kappa shape index (κ2) is 5.41. The molecule has 0 N–H and O–H groups in total. The Kier molecular flexibility index (Phi) is 3.59. The number of carbonyl (C=O) groups is 2. The van der Waals surface area contributed by atoms with E-state index in [1.165, 1.54) is 23.1 Å². The van der Waals surface area contributed by atoms with Crippen LogP contribution in [0, 0.1) is 5.82 Å². The van der Waals surface area contributed by atoms with Gasteiger partial charge < -0.3 is 4.90 Å². The van der Waals surface area contributed by atoms with Gasteiger partial charge in [-0.1, -0.05) is 15.9 Å². The van der Waals surface area contributed by atoms with Crippen LogP contribution in [0.2, 0.25) is 0 Å². The summed E-state index contributed by atoms with van der Waals surface area (Å²) >= 11 is 3.32. The van der Waals surface area contributed by atoms with Crippen molar-refractivity contribution in [2.75, 3.05) is 11.4 Å². The second-order valence-corrected chi connectivity index (χ2v) is 5.71. The molecular formula is C16H11BrFNO2. The van der Waals surface area contributed by atoms with Gasteiger partial charge in [0.25, 0.3) is 5.91 Å². The number of hydrogen-bond donors (Lipinski definition) is 0. The van der Waals surface area contributed by atoms with Crippen LogP contribution in [0.25, 0.3) is 0 Å². The number of hydrogen-bond acceptors (Lipinski definition) is 2. The lowest BCUT2D eigenvalue weighted by atomic mass is 9.99. The minimum absolute atomic E-state index is 0.135. The Morgan fingerprint density at radius 1 is 1.14 bits per heavy atom. The average molecular weight is 348 g/mol. The van der Waals surface area contributed by atoms with Crippen molar-refractivity contribution in [1.82, 2.24) is 0 Å². The van der Waals surface area contributed by atoms with E-state index in [4.69, 9.17) is 0 Å². The van der Waals surface area contributed by atoms with E-state index in [0.717, 1.165) is 4.47 Å². The average Bonchev–Trinajstić information content (AvgIpc) is 2.48. The highest BCUT2D eigenvalue weighted by Gasteiger charge is 2.28. The molecule has 0 spiro atoms. The van der Waals surface area contributed by atoms with Gasteiger partial charge in [-0.25, -0.2) is 4.39 Å². The van der Waals surface area contributed by atoms with Crippen LogP contribution in [-0.2, 0) is 0 Å². The molecule has 1 heterocycles. The fraction of sp³-hybridized carbons (Fsp3) is 0.125. The van der Waals surface area contributed by atoms with Crippen molar-refractivity contribution < 1.29 is 14.0 Å². The predicted octanol–water partition coefficient (Wildman–Crippen LogP) is 3.82. The Morgan fingerprint density at radius 2 is 1.86 bits per heavy atom. The van der Waals surface area contributed by atoms with Gasteiger partial charge in [-0.05, 0) is 42.5 Å². The standard InChI is InChI=1S/C16H11BrFNO2/c17-11-3-1-10(2-4-11)16(21)19-8-7-15(20)13-9-12(18)5-6-14(13)19/h1-6,9H,7-8H2. The van der Waals surface area contributed by atoms with E-state index in [-0.39, 0.29) is 23.7 Å². The third-order valence-corrected chi connectivity index (χ3v) is 3.98. The van der Waals surface area contributed by atoms with Crippen LogP contribution < -0.4 is 4.90 Å². The Bertz CT molecular complexity index is 728. The number of amides is 1. The van der Waals surface area contributed by atoms with Crippen molar-refractivity contribution in [1.29, 1.82) is 0 Å². The molecule has 0 fully saturated rings. The Labute approximate surface area is 129 Å². The summed E-state index contributed by atoms with van der Waals surface area (Å²) in [5.41, 5.74) is 1.27. The van der Waals surface area contributed by atoms with E-state index in [1.807, 2.05) is 0 Å². The van der Waals surface area contributed by atoms with Crippen LogP contribution in [0.4, 0.5) is 10.1 Å². The Balaban J connectivity index is 2.01. The maximum absolute atomic E-state index is 13.3. The molecule has 2 aromatic rings. The SMILES string of the molecule is O=C1CCN(C(=O)c2ccc(Br)cc2)c2ccc(F)cc21. The third kappa shape index (κ3) is 2.61. The molecule has 0 atom stereocenters. The number of halogens is 2. The van der Waals surface area contributed by atoms with E-state index in [9.17, 15) is 14.0 Å². The zero-order chi connectivity index (χ0) is 15.0. The first-order chi connectivity index (χ1) is 10.1. The first kappa shape index (κ1) is 13.9. The molecule has 0 radical (unpaired) electrons. The van der Waals surface area contributed by atoms with Crippen molar-refractivity contribution >= 4 is 33.3 Å². The van der Waals surface area contributed by atoms with Gasteiger partial charge >= 0.3 is 0 Å². The number of Topliss-reactive ketones (excluding diaryl/α,β-unsaturated/α-hetero) is 1. The van der Waals surface area contributed by atoms with Crippen molar-refractivity contribution in [3.05, 3.63) is 63.9 Å². The van der Waals surface area contributed by atoms with Gasteiger partial charge in [-0.15, -0.1) is 0 Å². The largest absolute Gasteiger partial charge is 0.307 e. The van der Waals surface area contributed by atoms with Crippen molar-refractivity contribution in [3.63, 3.8) is 0 Å². The van der Waals surface area contributed by atoms with Gasteiger partial charge in [0.15, 0.2) is 5.78 Å². The molecule has 106 valence electrons. The second-order valence-electron chi connectivity index (χ2n) is 4.80. The highest BCUT2D eigenvalue weighted by molar-refractivity contribution is 9.10. The van der Waals surface area contributed by atoms with Crippen LogP contribution in [-0.4, -0.2) is 18.2 Å². The quantitative estimate of drug-likeness (QED) is 0.786.